The van der Waals surface area contributed by atoms with Crippen molar-refractivity contribution in [3.63, 3.8) is 0 Å². The second-order valence-corrected chi connectivity index (χ2v) is 13.2. The minimum Gasteiger partial charge on any atom is -0.393 e. The van der Waals surface area contributed by atoms with Gasteiger partial charge in [-0.15, -0.1) is 0 Å². The summed E-state index contributed by atoms with van der Waals surface area (Å²) in [4.78, 5) is 0. The molecule has 0 aromatic heterocycles. The van der Waals surface area contributed by atoms with E-state index in [1.807, 2.05) is 6.92 Å². The highest BCUT2D eigenvalue weighted by Crippen LogP contribution is 2.70. The Morgan fingerprint density at radius 1 is 0.970 bits per heavy atom. The molecule has 0 radical (unpaired) electrons. The molecule has 0 aromatic rings. The van der Waals surface area contributed by atoms with Gasteiger partial charge in [-0.05, 0) is 84.9 Å². The van der Waals surface area contributed by atoms with Gasteiger partial charge >= 0.3 is 0 Å². The van der Waals surface area contributed by atoms with Crippen LogP contribution in [0.2, 0.25) is 0 Å². The van der Waals surface area contributed by atoms with E-state index in [0.29, 0.717) is 37.0 Å². The third kappa shape index (κ3) is 3.70. The second-order valence-electron chi connectivity index (χ2n) is 13.2. The molecule has 4 nitrogen and oxygen atoms in total. The van der Waals surface area contributed by atoms with E-state index in [9.17, 15) is 20.4 Å². The first-order valence-electron chi connectivity index (χ1n) is 13.4. The van der Waals surface area contributed by atoms with Crippen molar-refractivity contribution >= 4 is 0 Å². The number of aliphatic hydroxyl groups excluding tert-OH is 3. The third-order valence-corrected chi connectivity index (χ3v) is 11.2. The van der Waals surface area contributed by atoms with Crippen molar-refractivity contribution in [2.75, 3.05) is 0 Å². The van der Waals surface area contributed by atoms with Crippen LogP contribution in [-0.4, -0.2) is 44.3 Å². The Bertz CT molecular complexity index is 790. The average Bonchev–Trinajstić information content (AvgIpc) is 3.06. The summed E-state index contributed by atoms with van der Waals surface area (Å²) in [6.45, 7) is 17.3. The topological polar surface area (TPSA) is 80.9 Å². The number of allylic oxidation sites excluding steroid dienone is 3. The summed E-state index contributed by atoms with van der Waals surface area (Å²) in [5, 5.41) is 45.3. The molecule has 188 valence electrons. The fourth-order valence-corrected chi connectivity index (χ4v) is 9.55. The van der Waals surface area contributed by atoms with E-state index in [4.69, 9.17) is 0 Å². The molecule has 0 unspecified atom stereocenters. The van der Waals surface area contributed by atoms with E-state index < -0.39 is 23.9 Å². The van der Waals surface area contributed by atoms with Gasteiger partial charge in [0.25, 0.3) is 0 Å². The van der Waals surface area contributed by atoms with Crippen LogP contribution < -0.4 is 0 Å². The lowest BCUT2D eigenvalue weighted by atomic mass is 9.40. The highest BCUT2D eigenvalue weighted by molar-refractivity contribution is 5.22. The molecule has 0 amide bonds. The first-order valence-corrected chi connectivity index (χ1v) is 13.4. The molecule has 12 atom stereocenters. The summed E-state index contributed by atoms with van der Waals surface area (Å²) >= 11 is 0. The maximum Gasteiger partial charge on any atom is 0.0827 e. The van der Waals surface area contributed by atoms with Crippen LogP contribution in [0.1, 0.15) is 80.1 Å². The SMILES string of the molecule is C=C(/C=C/[C@@H](C)[C@H]1CC[C@@H]2[C@]1(C)C[C@H](O)[C@H]1[C@@]3(C)C[C@@H](O)[C@@H](O)[C@@H](C)[C@@H]3CC[C@@]21O)C(C)C. The van der Waals surface area contributed by atoms with Gasteiger partial charge in [0.05, 0.1) is 23.9 Å². The summed E-state index contributed by atoms with van der Waals surface area (Å²) < 4.78 is 0. The molecule has 33 heavy (non-hydrogen) atoms. The van der Waals surface area contributed by atoms with Gasteiger partial charge in [0.1, 0.15) is 0 Å². The van der Waals surface area contributed by atoms with Crippen LogP contribution in [0.3, 0.4) is 0 Å². The standard InChI is InChI=1S/C29H48O4/c1-16(2)17(3)8-9-18(4)20-10-11-24-27(20,6)15-23(31)26-28(7)14-22(30)25(32)19(5)21(28)12-13-29(24,26)33/h8-9,16,18-26,30-33H,3,10-15H2,1-2,4-7H3/b9-8+/t18-,19+,20-,21+,22-,23+,24-,25+,26+,27-,28+,29-/m1/s1. The van der Waals surface area contributed by atoms with E-state index >= 15 is 0 Å². The highest BCUT2D eigenvalue weighted by atomic mass is 16.3. The van der Waals surface area contributed by atoms with Crippen LogP contribution in [-0.2, 0) is 0 Å². The molecular formula is C29H48O4. The summed E-state index contributed by atoms with van der Waals surface area (Å²) in [7, 11) is 0. The van der Waals surface area contributed by atoms with Gasteiger partial charge in [-0.2, -0.15) is 0 Å². The van der Waals surface area contributed by atoms with Crippen LogP contribution >= 0.6 is 0 Å². The molecule has 4 saturated carbocycles. The van der Waals surface area contributed by atoms with Crippen molar-refractivity contribution in [2.24, 2.45) is 52.3 Å². The van der Waals surface area contributed by atoms with Crippen LogP contribution in [0.15, 0.2) is 24.3 Å². The van der Waals surface area contributed by atoms with E-state index in [0.717, 1.165) is 24.8 Å². The number of hydrogen-bond donors (Lipinski definition) is 4. The molecule has 4 aliphatic carbocycles. The van der Waals surface area contributed by atoms with Crippen molar-refractivity contribution in [3.8, 4) is 0 Å². The fourth-order valence-electron chi connectivity index (χ4n) is 9.55. The molecule has 4 aliphatic rings. The lowest BCUT2D eigenvalue weighted by Gasteiger charge is -2.67. The van der Waals surface area contributed by atoms with Crippen LogP contribution in [0.4, 0.5) is 0 Å². The normalized spacial score (nSPS) is 52.9. The largest absolute Gasteiger partial charge is 0.393 e. The molecule has 4 heteroatoms. The minimum atomic E-state index is -0.918. The van der Waals surface area contributed by atoms with Crippen molar-refractivity contribution in [3.05, 3.63) is 24.3 Å². The van der Waals surface area contributed by atoms with Gasteiger partial charge in [-0.1, -0.05) is 65.8 Å². The van der Waals surface area contributed by atoms with Gasteiger partial charge in [-0.25, -0.2) is 0 Å². The number of fused-ring (bicyclic) bond motifs is 5. The molecule has 4 fully saturated rings. The Kier molecular flexibility index (Phi) is 6.52. The van der Waals surface area contributed by atoms with Crippen LogP contribution in [0, 0.1) is 52.3 Å². The Morgan fingerprint density at radius 3 is 2.24 bits per heavy atom. The smallest absolute Gasteiger partial charge is 0.0827 e. The van der Waals surface area contributed by atoms with E-state index in [-0.39, 0.29) is 34.5 Å². The van der Waals surface area contributed by atoms with Crippen LogP contribution in [0.25, 0.3) is 0 Å². The molecule has 0 heterocycles. The molecular weight excluding hydrogens is 412 g/mol. The number of rotatable bonds is 4. The summed E-state index contributed by atoms with van der Waals surface area (Å²) in [5.74, 6) is 1.30. The second kappa shape index (κ2) is 8.47. The van der Waals surface area contributed by atoms with Gasteiger partial charge in [-0.3, -0.25) is 0 Å². The fraction of sp³-hybridized carbons (Fsp3) is 0.862. The monoisotopic (exact) mass is 460 g/mol. The van der Waals surface area contributed by atoms with Crippen molar-refractivity contribution < 1.29 is 20.4 Å². The van der Waals surface area contributed by atoms with Crippen molar-refractivity contribution in [1.29, 1.82) is 0 Å². The van der Waals surface area contributed by atoms with E-state index in [1.165, 1.54) is 0 Å². The maximum absolute atomic E-state index is 12.4. The number of aliphatic hydroxyl groups is 4. The Morgan fingerprint density at radius 2 is 1.61 bits per heavy atom. The van der Waals surface area contributed by atoms with Crippen LogP contribution in [0.5, 0.6) is 0 Å². The lowest BCUT2D eigenvalue weighted by molar-refractivity contribution is -0.276. The zero-order valence-corrected chi connectivity index (χ0v) is 21.7. The van der Waals surface area contributed by atoms with E-state index in [1.54, 1.807) is 0 Å². The van der Waals surface area contributed by atoms with Crippen molar-refractivity contribution in [1.82, 2.24) is 0 Å². The molecule has 0 spiro atoms. The average molecular weight is 461 g/mol. The first-order chi connectivity index (χ1) is 15.3. The molecule has 0 aromatic carbocycles. The lowest BCUT2D eigenvalue weighted by Crippen LogP contribution is -2.70. The Labute approximate surface area is 201 Å². The maximum atomic E-state index is 12.4. The quantitative estimate of drug-likeness (QED) is 0.458. The van der Waals surface area contributed by atoms with Gasteiger partial charge in [0.15, 0.2) is 0 Å². The summed E-state index contributed by atoms with van der Waals surface area (Å²) in [6.07, 6.45) is 7.11. The predicted molar refractivity (Wildman–Crippen MR) is 132 cm³/mol. The van der Waals surface area contributed by atoms with Gasteiger partial charge in [0, 0.05) is 5.92 Å². The Hall–Kier alpha value is -0.680. The zero-order valence-electron chi connectivity index (χ0n) is 21.7. The highest BCUT2D eigenvalue weighted by Gasteiger charge is 2.70. The van der Waals surface area contributed by atoms with Crippen molar-refractivity contribution in [2.45, 2.75) is 104 Å². The molecule has 4 N–H and O–H groups in total. The molecule has 4 rings (SSSR count). The van der Waals surface area contributed by atoms with Gasteiger partial charge in [0.2, 0.25) is 0 Å². The first kappa shape index (κ1) is 25.4. The molecule has 0 aliphatic heterocycles. The Balaban J connectivity index is 1.64. The minimum absolute atomic E-state index is 0.0284. The third-order valence-electron chi connectivity index (χ3n) is 11.2. The zero-order chi connectivity index (χ0) is 24.5. The van der Waals surface area contributed by atoms with E-state index in [2.05, 4.69) is 53.3 Å². The molecule has 0 saturated heterocycles. The predicted octanol–water partition coefficient (Wildman–Crippen LogP) is 4.71. The molecule has 0 bridgehead atoms. The number of hydrogen-bond acceptors (Lipinski definition) is 4. The summed E-state index contributed by atoms with van der Waals surface area (Å²) in [5.41, 5.74) is -0.263. The summed E-state index contributed by atoms with van der Waals surface area (Å²) in [6, 6.07) is 0. The van der Waals surface area contributed by atoms with Gasteiger partial charge < -0.3 is 20.4 Å².